The molecule has 140 valence electrons. The molecule has 1 saturated carbocycles. The molecule has 0 aromatic carbocycles. The molecular weight excluding hydrogens is 352 g/mol. The lowest BCUT2D eigenvalue weighted by Gasteiger charge is -2.58. The highest BCUT2D eigenvalue weighted by molar-refractivity contribution is 5.84. The van der Waals surface area contributed by atoms with Crippen LogP contribution < -0.4 is 5.32 Å². The van der Waals surface area contributed by atoms with Crippen LogP contribution in [-0.4, -0.2) is 60.6 Å². The lowest BCUT2D eigenvalue weighted by Crippen LogP contribution is -2.63. The van der Waals surface area contributed by atoms with Gasteiger partial charge in [-0.2, -0.15) is 0 Å². The quantitative estimate of drug-likeness (QED) is 0.590. The molecule has 1 spiro atoms. The van der Waals surface area contributed by atoms with Gasteiger partial charge in [-0.1, -0.05) is 0 Å². The van der Waals surface area contributed by atoms with Crippen LogP contribution in [0.5, 0.6) is 0 Å². The summed E-state index contributed by atoms with van der Waals surface area (Å²) >= 11 is 0. The zero-order valence-electron chi connectivity index (χ0n) is 15.6. The van der Waals surface area contributed by atoms with Crippen LogP contribution >= 0.6 is 0 Å². The van der Waals surface area contributed by atoms with E-state index in [1.54, 1.807) is 12.4 Å². The van der Waals surface area contributed by atoms with E-state index < -0.39 is 0 Å². The van der Waals surface area contributed by atoms with Crippen molar-refractivity contribution in [1.82, 2.24) is 34.4 Å². The number of hydrogen-bond donors (Lipinski definition) is 1. The van der Waals surface area contributed by atoms with Gasteiger partial charge in [0.25, 0.3) is 0 Å². The molecule has 0 amide bonds. The first kappa shape index (κ1) is 15.9. The Balaban J connectivity index is 1.25. The first-order valence-electron chi connectivity index (χ1n) is 9.54. The molecule has 5 heterocycles. The lowest BCUT2D eigenvalue weighted by atomic mass is 9.61. The molecule has 8 heteroatoms. The number of hydrogen-bond acceptors (Lipinski definition) is 7. The Bertz CT molecular complexity index is 1190. The number of anilines is 1. The minimum absolute atomic E-state index is 0.476. The lowest BCUT2D eigenvalue weighted by molar-refractivity contribution is -0.0514. The maximum Gasteiger partial charge on any atom is 0.241 e. The summed E-state index contributed by atoms with van der Waals surface area (Å²) in [5.74, 6) is 0.685. The number of likely N-dealkylation sites (tertiary alicyclic amines) is 1. The molecule has 4 aromatic rings. The van der Waals surface area contributed by atoms with Gasteiger partial charge in [0.2, 0.25) is 5.95 Å². The summed E-state index contributed by atoms with van der Waals surface area (Å²) in [6.45, 7) is 2.44. The zero-order valence-corrected chi connectivity index (χ0v) is 15.6. The molecule has 8 nitrogen and oxygen atoms in total. The van der Waals surface area contributed by atoms with Crippen molar-refractivity contribution in [2.24, 2.45) is 5.41 Å². The molecule has 0 atom stereocenters. The number of rotatable bonds is 3. The molecule has 4 aromatic heterocycles. The van der Waals surface area contributed by atoms with Crippen molar-refractivity contribution in [3.63, 3.8) is 0 Å². The molecule has 1 aliphatic carbocycles. The number of nitrogens with zero attached hydrogens (tertiary/aromatic N) is 7. The van der Waals surface area contributed by atoms with Crippen molar-refractivity contribution in [2.75, 3.05) is 25.5 Å². The third-order valence-electron chi connectivity index (χ3n) is 5.95. The van der Waals surface area contributed by atoms with Crippen LogP contribution in [0.2, 0.25) is 0 Å². The van der Waals surface area contributed by atoms with E-state index >= 15 is 0 Å². The fraction of sp³-hybridized carbons (Fsp3) is 0.350. The predicted octanol–water partition coefficient (Wildman–Crippen LogP) is 2.24. The van der Waals surface area contributed by atoms with Gasteiger partial charge in [0.15, 0.2) is 5.65 Å². The standard InChI is InChI=1S/C20H20N8/c1-27-11-20(12-27)7-14(8-20)25-19-24-10-17-15(2-5-28(17)26-19)13-6-16-18(23-9-13)22-4-3-21-16/h2-6,9-10,14H,7-8,11-12H2,1H3,(H,25,26). The van der Waals surface area contributed by atoms with Crippen LogP contribution in [0, 0.1) is 5.41 Å². The van der Waals surface area contributed by atoms with Gasteiger partial charge in [0.1, 0.15) is 5.52 Å². The van der Waals surface area contributed by atoms with E-state index in [1.807, 2.05) is 35.2 Å². The van der Waals surface area contributed by atoms with Crippen molar-refractivity contribution in [3.05, 3.63) is 43.1 Å². The molecule has 6 rings (SSSR count). The highest BCUT2D eigenvalue weighted by Crippen LogP contribution is 2.48. The Morgan fingerprint density at radius 3 is 2.79 bits per heavy atom. The van der Waals surface area contributed by atoms with E-state index in [4.69, 9.17) is 0 Å². The van der Waals surface area contributed by atoms with Gasteiger partial charge in [-0.15, -0.1) is 5.10 Å². The molecule has 1 N–H and O–H groups in total. The summed E-state index contributed by atoms with van der Waals surface area (Å²) in [5.41, 5.74) is 4.93. The molecule has 2 aliphatic rings. The summed E-state index contributed by atoms with van der Waals surface area (Å²) in [5, 5.41) is 8.14. The Morgan fingerprint density at radius 1 is 1.07 bits per heavy atom. The van der Waals surface area contributed by atoms with Gasteiger partial charge in [-0.3, -0.25) is 4.98 Å². The number of fused-ring (bicyclic) bond motifs is 2. The number of nitrogens with one attached hydrogen (secondary N) is 1. The molecule has 0 radical (unpaired) electrons. The van der Waals surface area contributed by atoms with Crippen molar-refractivity contribution in [2.45, 2.75) is 18.9 Å². The summed E-state index contributed by atoms with van der Waals surface area (Å²) in [6, 6.07) is 4.51. The van der Waals surface area contributed by atoms with Crippen molar-refractivity contribution >= 4 is 22.6 Å². The van der Waals surface area contributed by atoms with Gasteiger partial charge in [0.05, 0.1) is 11.7 Å². The van der Waals surface area contributed by atoms with Crippen LogP contribution in [0.4, 0.5) is 5.95 Å². The molecule has 1 aliphatic heterocycles. The predicted molar refractivity (Wildman–Crippen MR) is 106 cm³/mol. The van der Waals surface area contributed by atoms with Gasteiger partial charge < -0.3 is 10.2 Å². The first-order valence-corrected chi connectivity index (χ1v) is 9.54. The van der Waals surface area contributed by atoms with Crippen LogP contribution in [0.25, 0.3) is 27.8 Å². The van der Waals surface area contributed by atoms with Crippen molar-refractivity contribution in [1.29, 1.82) is 0 Å². The van der Waals surface area contributed by atoms with Crippen molar-refractivity contribution < 1.29 is 0 Å². The average molecular weight is 372 g/mol. The maximum atomic E-state index is 4.65. The molecule has 0 bridgehead atoms. The number of pyridine rings is 1. The molecular formula is C20H20N8. The third-order valence-corrected chi connectivity index (χ3v) is 5.95. The molecule has 1 saturated heterocycles. The third kappa shape index (κ3) is 2.45. The van der Waals surface area contributed by atoms with Gasteiger partial charge in [-0.05, 0) is 37.4 Å². The van der Waals surface area contributed by atoms with Gasteiger partial charge in [0, 0.05) is 55.0 Å². The monoisotopic (exact) mass is 372 g/mol. The fourth-order valence-electron chi connectivity index (χ4n) is 4.84. The van der Waals surface area contributed by atoms with E-state index in [0.717, 1.165) is 22.2 Å². The van der Waals surface area contributed by atoms with Crippen LogP contribution in [0.1, 0.15) is 12.8 Å². The zero-order chi connectivity index (χ0) is 18.7. The van der Waals surface area contributed by atoms with Crippen LogP contribution in [0.3, 0.4) is 0 Å². The Kier molecular flexibility index (Phi) is 3.22. The topological polar surface area (TPSA) is 84.1 Å². The summed E-state index contributed by atoms with van der Waals surface area (Å²) in [7, 11) is 2.18. The average Bonchev–Trinajstić information content (AvgIpc) is 3.08. The Labute approximate surface area is 161 Å². The van der Waals surface area contributed by atoms with Crippen molar-refractivity contribution in [3.8, 4) is 11.1 Å². The summed E-state index contributed by atoms with van der Waals surface area (Å²) < 4.78 is 1.87. The molecule has 0 unspecified atom stereocenters. The minimum Gasteiger partial charge on any atom is -0.350 e. The Hall–Kier alpha value is -3.13. The maximum absolute atomic E-state index is 4.65. The molecule has 2 fully saturated rings. The highest BCUT2D eigenvalue weighted by atomic mass is 15.3. The van der Waals surface area contributed by atoms with E-state index in [9.17, 15) is 0 Å². The second-order valence-corrected chi connectivity index (χ2v) is 8.19. The van der Waals surface area contributed by atoms with Gasteiger partial charge >= 0.3 is 0 Å². The summed E-state index contributed by atoms with van der Waals surface area (Å²) in [4.78, 5) is 19.9. The van der Waals surface area contributed by atoms with E-state index in [1.165, 1.54) is 25.9 Å². The molecule has 28 heavy (non-hydrogen) atoms. The summed E-state index contributed by atoms with van der Waals surface area (Å²) in [6.07, 6.45) is 11.4. The minimum atomic E-state index is 0.476. The Morgan fingerprint density at radius 2 is 1.93 bits per heavy atom. The van der Waals surface area contributed by atoms with Crippen LogP contribution in [0.15, 0.2) is 43.1 Å². The highest BCUT2D eigenvalue weighted by Gasteiger charge is 2.51. The van der Waals surface area contributed by atoms with Gasteiger partial charge in [-0.25, -0.2) is 19.5 Å². The number of aromatic nitrogens is 6. The van der Waals surface area contributed by atoms with E-state index in [2.05, 4.69) is 42.3 Å². The first-order chi connectivity index (χ1) is 13.7. The second-order valence-electron chi connectivity index (χ2n) is 8.19. The smallest absolute Gasteiger partial charge is 0.241 e. The fourth-order valence-corrected chi connectivity index (χ4v) is 4.84. The van der Waals surface area contributed by atoms with E-state index in [0.29, 0.717) is 23.1 Å². The normalized spacial score (nSPS) is 19.0. The largest absolute Gasteiger partial charge is 0.350 e. The van der Waals surface area contributed by atoms with Crippen LogP contribution in [-0.2, 0) is 0 Å². The SMILES string of the molecule is CN1CC2(CC(Nc3ncc4c(-c5cnc6nccnc6c5)ccn4n3)C2)C1. The van der Waals surface area contributed by atoms with E-state index in [-0.39, 0.29) is 0 Å². The second kappa shape index (κ2) is 5.68.